The van der Waals surface area contributed by atoms with Gasteiger partial charge in [0.25, 0.3) is 5.56 Å². The number of hydrogen-bond donors (Lipinski definition) is 0. The molecule has 1 aromatic carbocycles. The third-order valence-corrected chi connectivity index (χ3v) is 6.30. The Labute approximate surface area is 198 Å². The maximum absolute atomic E-state index is 12.4. The highest BCUT2D eigenvalue weighted by atomic mass is 35.5. The minimum Gasteiger partial charge on any atom is -0.479 e. The number of aromatic nitrogens is 3. The summed E-state index contributed by atoms with van der Waals surface area (Å²) in [6, 6.07) is 10.00. The van der Waals surface area contributed by atoms with Crippen LogP contribution in [0.25, 0.3) is 0 Å². The zero-order valence-electron chi connectivity index (χ0n) is 19.4. The maximum atomic E-state index is 12.4. The van der Waals surface area contributed by atoms with E-state index in [2.05, 4.69) is 40.1 Å². The Morgan fingerprint density at radius 3 is 2.45 bits per heavy atom. The third kappa shape index (κ3) is 4.20. The monoisotopic (exact) mass is 466 g/mol. The Bertz CT molecular complexity index is 1230. The van der Waals surface area contributed by atoms with Crippen molar-refractivity contribution in [2.45, 2.75) is 32.2 Å². The number of ether oxygens (including phenoxy) is 2. The van der Waals surface area contributed by atoms with Gasteiger partial charge in [0, 0.05) is 35.9 Å². The van der Waals surface area contributed by atoms with Crippen LogP contribution in [0, 0.1) is 6.92 Å². The van der Waals surface area contributed by atoms with Gasteiger partial charge in [-0.25, -0.2) is 4.98 Å². The van der Waals surface area contributed by atoms with E-state index >= 15 is 0 Å². The summed E-state index contributed by atoms with van der Waals surface area (Å²) in [4.78, 5) is 23.3. The Morgan fingerprint density at radius 2 is 1.85 bits per heavy atom. The second-order valence-electron chi connectivity index (χ2n) is 8.06. The van der Waals surface area contributed by atoms with Crippen molar-refractivity contribution < 1.29 is 9.47 Å². The molecular formula is C25H27ClN4O3. The van der Waals surface area contributed by atoms with Gasteiger partial charge in [-0.05, 0) is 48.2 Å². The Kier molecular flexibility index (Phi) is 6.42. The molecule has 4 rings (SSSR count). The summed E-state index contributed by atoms with van der Waals surface area (Å²) in [6.45, 7) is 3.98. The molecule has 0 amide bonds. The molecule has 7 nitrogen and oxygen atoms in total. The van der Waals surface area contributed by atoms with Crippen molar-refractivity contribution >= 4 is 17.3 Å². The number of halogens is 1. The van der Waals surface area contributed by atoms with Gasteiger partial charge in [-0.3, -0.25) is 4.79 Å². The molecule has 0 saturated heterocycles. The van der Waals surface area contributed by atoms with Crippen molar-refractivity contribution in [3.05, 3.63) is 86.6 Å². The average molecular weight is 467 g/mol. The van der Waals surface area contributed by atoms with Crippen LogP contribution in [-0.2, 0) is 7.05 Å². The molecule has 0 radical (unpaired) electrons. The van der Waals surface area contributed by atoms with Gasteiger partial charge in [0.15, 0.2) is 0 Å². The Morgan fingerprint density at radius 1 is 1.12 bits per heavy atom. The smallest absolute Gasteiger partial charge is 0.319 e. The first-order valence-electron chi connectivity index (χ1n) is 10.7. The number of anilines is 1. The Balaban J connectivity index is 1.94. The second kappa shape index (κ2) is 9.27. The van der Waals surface area contributed by atoms with Crippen LogP contribution in [0.1, 0.15) is 42.0 Å². The lowest BCUT2D eigenvalue weighted by molar-refractivity contribution is 0.352. The van der Waals surface area contributed by atoms with Crippen molar-refractivity contribution in [1.29, 1.82) is 0 Å². The lowest BCUT2D eigenvalue weighted by atomic mass is 9.83. The van der Waals surface area contributed by atoms with Gasteiger partial charge >= 0.3 is 6.01 Å². The van der Waals surface area contributed by atoms with Gasteiger partial charge < -0.3 is 18.9 Å². The first-order chi connectivity index (χ1) is 15.9. The molecule has 2 aromatic heterocycles. The molecule has 8 heteroatoms. The van der Waals surface area contributed by atoms with E-state index in [0.29, 0.717) is 16.5 Å². The van der Waals surface area contributed by atoms with Gasteiger partial charge in [-0.15, -0.1) is 0 Å². The molecule has 3 aromatic rings. The molecule has 0 saturated carbocycles. The topological polar surface area (TPSA) is 69.5 Å². The standard InChI is InChI=1S/C25H27ClN4O3/c1-6-16-14-30(20-12-27-25(33-5)28-23(20)32-4)22(18-11-15(2)24(31)29(3)13-18)21(16)17-7-9-19(26)10-8-17/h7-14,21-22H,6H2,1-5H3. The van der Waals surface area contributed by atoms with Crippen molar-refractivity contribution in [2.24, 2.45) is 7.05 Å². The Hall–Kier alpha value is -3.32. The lowest BCUT2D eigenvalue weighted by Gasteiger charge is -2.32. The van der Waals surface area contributed by atoms with E-state index in [4.69, 9.17) is 21.1 Å². The van der Waals surface area contributed by atoms with Crippen LogP contribution in [0.15, 0.2) is 59.3 Å². The van der Waals surface area contributed by atoms with Crippen molar-refractivity contribution in [3.63, 3.8) is 0 Å². The maximum Gasteiger partial charge on any atom is 0.319 e. The number of benzene rings is 1. The number of rotatable bonds is 6. The summed E-state index contributed by atoms with van der Waals surface area (Å²) in [5, 5.41) is 0.690. The predicted molar refractivity (Wildman–Crippen MR) is 129 cm³/mol. The fraction of sp³-hybridized carbons (Fsp3) is 0.320. The number of hydrogen-bond acceptors (Lipinski definition) is 6. The van der Waals surface area contributed by atoms with E-state index in [1.165, 1.54) is 12.7 Å². The van der Waals surface area contributed by atoms with Gasteiger partial charge in [0.1, 0.15) is 5.69 Å². The molecule has 0 aliphatic carbocycles. The lowest BCUT2D eigenvalue weighted by Crippen LogP contribution is -2.27. The molecule has 0 fully saturated rings. The van der Waals surface area contributed by atoms with Crippen molar-refractivity contribution in [1.82, 2.24) is 14.5 Å². The summed E-state index contributed by atoms with van der Waals surface area (Å²) in [5.41, 5.74) is 4.78. The minimum absolute atomic E-state index is 0.0135. The number of nitrogens with zero attached hydrogens (tertiary/aromatic N) is 4. The van der Waals surface area contributed by atoms with Crippen molar-refractivity contribution in [2.75, 3.05) is 19.1 Å². The fourth-order valence-electron chi connectivity index (χ4n) is 4.49. The SMILES string of the molecule is CCC1=CN(c2cnc(OC)nc2OC)C(c2cc(C)c(=O)n(C)c2)C1c1ccc(Cl)cc1. The molecule has 3 heterocycles. The van der Waals surface area contributed by atoms with Crippen LogP contribution in [-0.4, -0.2) is 28.8 Å². The zero-order chi connectivity index (χ0) is 23.7. The zero-order valence-corrected chi connectivity index (χ0v) is 20.1. The van der Waals surface area contributed by atoms with E-state index in [-0.39, 0.29) is 23.5 Å². The normalized spacial score (nSPS) is 17.8. The van der Waals surface area contributed by atoms with E-state index in [0.717, 1.165) is 23.2 Å². The molecule has 0 N–H and O–H groups in total. The quantitative estimate of drug-likeness (QED) is 0.520. The van der Waals surface area contributed by atoms with Crippen LogP contribution in [0.2, 0.25) is 5.02 Å². The number of methoxy groups -OCH3 is 2. The molecular weight excluding hydrogens is 440 g/mol. The van der Waals surface area contributed by atoms with Crippen LogP contribution in [0.3, 0.4) is 0 Å². The molecule has 0 bridgehead atoms. The second-order valence-corrected chi connectivity index (χ2v) is 8.50. The van der Waals surface area contributed by atoms with Crippen LogP contribution < -0.4 is 19.9 Å². The van der Waals surface area contributed by atoms with E-state index in [1.54, 1.807) is 24.9 Å². The summed E-state index contributed by atoms with van der Waals surface area (Å²) >= 11 is 6.19. The van der Waals surface area contributed by atoms with Crippen molar-refractivity contribution in [3.8, 4) is 11.9 Å². The molecule has 33 heavy (non-hydrogen) atoms. The molecule has 2 atom stereocenters. The highest BCUT2D eigenvalue weighted by Gasteiger charge is 2.39. The van der Waals surface area contributed by atoms with Gasteiger partial charge in [-0.1, -0.05) is 30.7 Å². The fourth-order valence-corrected chi connectivity index (χ4v) is 4.62. The molecule has 172 valence electrons. The molecule has 2 unspecified atom stereocenters. The highest BCUT2D eigenvalue weighted by Crippen LogP contribution is 2.50. The van der Waals surface area contributed by atoms with Gasteiger partial charge in [0.05, 0.1) is 26.5 Å². The summed E-state index contributed by atoms with van der Waals surface area (Å²) in [7, 11) is 4.88. The molecule has 0 spiro atoms. The van der Waals surface area contributed by atoms with Crippen LogP contribution in [0.5, 0.6) is 11.9 Å². The minimum atomic E-state index is -0.141. The highest BCUT2D eigenvalue weighted by molar-refractivity contribution is 6.30. The average Bonchev–Trinajstić information content (AvgIpc) is 3.21. The number of aryl methyl sites for hydroxylation is 2. The van der Waals surface area contributed by atoms with Gasteiger partial charge in [-0.2, -0.15) is 4.98 Å². The largest absolute Gasteiger partial charge is 0.479 e. The summed E-state index contributed by atoms with van der Waals surface area (Å²) in [5.74, 6) is 0.452. The van der Waals surface area contributed by atoms with Gasteiger partial charge in [0.2, 0.25) is 5.88 Å². The summed E-state index contributed by atoms with van der Waals surface area (Å²) in [6.07, 6.45) is 6.60. The van der Waals surface area contributed by atoms with Crippen LogP contribution in [0.4, 0.5) is 5.69 Å². The summed E-state index contributed by atoms with van der Waals surface area (Å²) < 4.78 is 12.4. The molecule has 1 aliphatic rings. The first-order valence-corrected chi connectivity index (χ1v) is 11.1. The van der Waals surface area contributed by atoms with E-state index in [1.807, 2.05) is 31.3 Å². The third-order valence-electron chi connectivity index (χ3n) is 6.05. The molecule has 1 aliphatic heterocycles. The van der Waals surface area contributed by atoms with Crippen LogP contribution >= 0.6 is 11.6 Å². The van der Waals surface area contributed by atoms with E-state index < -0.39 is 0 Å². The first kappa shape index (κ1) is 22.9. The van der Waals surface area contributed by atoms with E-state index in [9.17, 15) is 4.79 Å². The predicted octanol–water partition coefficient (Wildman–Crippen LogP) is 4.79. The number of pyridine rings is 1.